The number of halogens is 1. The maximum absolute atomic E-state index is 12.9. The van der Waals surface area contributed by atoms with Crippen molar-refractivity contribution >= 4 is 27.5 Å². The fraction of sp³-hybridized carbons (Fsp3) is 0.200. The van der Waals surface area contributed by atoms with Gasteiger partial charge in [-0.15, -0.1) is 0 Å². The summed E-state index contributed by atoms with van der Waals surface area (Å²) in [7, 11) is 1.59. The van der Waals surface area contributed by atoms with Gasteiger partial charge in [0.1, 0.15) is 18.1 Å². The fourth-order valence-corrected chi connectivity index (χ4v) is 4.29. The topological polar surface area (TPSA) is 62.6 Å². The Hall–Kier alpha value is -3.30. The molecular formula is C25H21BrN2O3. The number of nitriles is 1. The molecule has 0 spiro atoms. The quantitative estimate of drug-likeness (QED) is 0.465. The third kappa shape index (κ3) is 4.01. The van der Waals surface area contributed by atoms with Gasteiger partial charge in [-0.05, 0) is 54.4 Å². The van der Waals surface area contributed by atoms with E-state index >= 15 is 0 Å². The van der Waals surface area contributed by atoms with E-state index in [0.717, 1.165) is 10.0 Å². The summed E-state index contributed by atoms with van der Waals surface area (Å²) in [5, 5.41) is 10.4. The van der Waals surface area contributed by atoms with E-state index in [2.05, 4.69) is 22.0 Å². The normalized spacial score (nSPS) is 18.0. The minimum atomic E-state index is -1.17. The molecule has 0 N–H and O–H groups in total. The molecule has 0 unspecified atom stereocenters. The van der Waals surface area contributed by atoms with Crippen molar-refractivity contribution in [3.63, 3.8) is 0 Å². The highest BCUT2D eigenvalue weighted by molar-refractivity contribution is 9.10. The van der Waals surface area contributed by atoms with Gasteiger partial charge in [0.2, 0.25) is 5.91 Å². The molecule has 4 rings (SSSR count). The summed E-state index contributed by atoms with van der Waals surface area (Å²) in [4.78, 5) is 14.5. The highest BCUT2D eigenvalue weighted by Gasteiger charge is 2.49. The molecule has 31 heavy (non-hydrogen) atoms. The van der Waals surface area contributed by atoms with Crippen molar-refractivity contribution in [3.8, 4) is 17.6 Å². The van der Waals surface area contributed by atoms with Gasteiger partial charge in [-0.25, -0.2) is 0 Å². The second-order valence-corrected chi connectivity index (χ2v) is 8.23. The largest absolute Gasteiger partial charge is 0.497 e. The Morgan fingerprint density at radius 1 is 1.10 bits per heavy atom. The van der Waals surface area contributed by atoms with Crippen LogP contribution in [0.15, 0.2) is 77.3 Å². The van der Waals surface area contributed by atoms with Gasteiger partial charge in [0.05, 0.1) is 13.2 Å². The summed E-state index contributed by atoms with van der Waals surface area (Å²) in [6.45, 7) is 0.369. The van der Waals surface area contributed by atoms with Gasteiger partial charge in [0.25, 0.3) is 0 Å². The molecular weight excluding hydrogens is 456 g/mol. The zero-order valence-corrected chi connectivity index (χ0v) is 18.6. The smallest absolute Gasteiger partial charge is 0.228 e. The molecule has 5 nitrogen and oxygen atoms in total. The number of hydrogen-bond acceptors (Lipinski definition) is 4. The molecule has 0 bridgehead atoms. The Labute approximate surface area is 190 Å². The maximum Gasteiger partial charge on any atom is 0.228 e. The predicted octanol–water partition coefficient (Wildman–Crippen LogP) is 5.58. The third-order valence-electron chi connectivity index (χ3n) is 5.47. The lowest BCUT2D eigenvalue weighted by atomic mass is 9.87. The molecule has 156 valence electrons. The number of anilines is 1. The van der Waals surface area contributed by atoms with E-state index in [-0.39, 0.29) is 12.3 Å². The standard InChI is InChI=1S/C25H21BrN2O3/c1-30-21-10-8-20(9-11-21)28-24(29)13-14-25(28,17-27)22-15-19(26)7-12-23(22)31-16-18-5-3-2-4-6-18/h2-12,15H,13-14,16H2,1H3/t25-/m0/s1. The molecule has 6 heteroatoms. The summed E-state index contributed by atoms with van der Waals surface area (Å²) in [5.74, 6) is 1.18. The van der Waals surface area contributed by atoms with Crippen LogP contribution in [0.4, 0.5) is 5.69 Å². The number of hydrogen-bond donors (Lipinski definition) is 0. The van der Waals surface area contributed by atoms with Crippen molar-refractivity contribution in [1.29, 1.82) is 5.26 Å². The highest BCUT2D eigenvalue weighted by atomic mass is 79.9. The molecule has 0 aliphatic carbocycles. The Bertz CT molecular complexity index is 1130. The summed E-state index contributed by atoms with van der Waals surface area (Å²) in [6, 6.07) is 25.1. The first kappa shape index (κ1) is 21.0. The maximum atomic E-state index is 12.9. The lowest BCUT2D eigenvalue weighted by molar-refractivity contribution is -0.117. The second kappa shape index (κ2) is 8.83. The van der Waals surface area contributed by atoms with Crippen LogP contribution in [-0.4, -0.2) is 13.0 Å². The zero-order chi connectivity index (χ0) is 21.8. The molecule has 3 aromatic carbocycles. The summed E-state index contributed by atoms with van der Waals surface area (Å²) in [6.07, 6.45) is 0.663. The minimum Gasteiger partial charge on any atom is -0.497 e. The number of benzene rings is 3. The third-order valence-corrected chi connectivity index (χ3v) is 5.96. The number of nitrogens with zero attached hydrogens (tertiary/aromatic N) is 2. The van der Waals surface area contributed by atoms with Gasteiger partial charge in [0, 0.05) is 22.1 Å². The minimum absolute atomic E-state index is 0.0966. The van der Waals surface area contributed by atoms with Crippen molar-refractivity contribution in [2.75, 3.05) is 12.0 Å². The first-order valence-corrected chi connectivity index (χ1v) is 10.7. The van der Waals surface area contributed by atoms with Crippen LogP contribution in [0.1, 0.15) is 24.0 Å². The molecule has 1 aliphatic heterocycles. The van der Waals surface area contributed by atoms with E-state index in [1.807, 2.05) is 48.5 Å². The van der Waals surface area contributed by atoms with Gasteiger partial charge in [-0.2, -0.15) is 5.26 Å². The molecule has 1 atom stereocenters. The Balaban J connectivity index is 1.76. The van der Waals surface area contributed by atoms with Gasteiger partial charge < -0.3 is 9.47 Å². The van der Waals surface area contributed by atoms with Crippen molar-refractivity contribution < 1.29 is 14.3 Å². The Kier molecular flexibility index (Phi) is 5.97. The number of carbonyl (C=O) groups excluding carboxylic acids is 1. The van der Waals surface area contributed by atoms with Crippen LogP contribution in [0.5, 0.6) is 11.5 Å². The van der Waals surface area contributed by atoms with Crippen molar-refractivity contribution in [2.24, 2.45) is 0 Å². The monoisotopic (exact) mass is 476 g/mol. The van der Waals surface area contributed by atoms with Crippen molar-refractivity contribution in [3.05, 3.63) is 88.4 Å². The average molecular weight is 477 g/mol. The van der Waals surface area contributed by atoms with Crippen molar-refractivity contribution in [1.82, 2.24) is 0 Å². The van der Waals surface area contributed by atoms with Crippen LogP contribution in [-0.2, 0) is 16.9 Å². The number of carbonyl (C=O) groups is 1. The van der Waals surface area contributed by atoms with E-state index in [0.29, 0.717) is 35.8 Å². The van der Waals surface area contributed by atoms with E-state index in [1.165, 1.54) is 0 Å². The van der Waals surface area contributed by atoms with Gasteiger partial charge >= 0.3 is 0 Å². The molecule has 3 aromatic rings. The second-order valence-electron chi connectivity index (χ2n) is 7.31. The van der Waals surface area contributed by atoms with Crippen molar-refractivity contribution in [2.45, 2.75) is 25.0 Å². The molecule has 0 aromatic heterocycles. The van der Waals surface area contributed by atoms with E-state index < -0.39 is 5.54 Å². The Morgan fingerprint density at radius 2 is 1.84 bits per heavy atom. The number of methoxy groups -OCH3 is 1. The molecule has 0 saturated carbocycles. The summed E-state index contributed by atoms with van der Waals surface area (Å²) >= 11 is 3.52. The SMILES string of the molecule is COc1ccc(N2C(=O)CC[C@]2(C#N)c2cc(Br)ccc2OCc2ccccc2)cc1. The van der Waals surface area contributed by atoms with E-state index in [4.69, 9.17) is 9.47 Å². The van der Waals surface area contributed by atoms with Crippen LogP contribution < -0.4 is 14.4 Å². The highest BCUT2D eigenvalue weighted by Crippen LogP contribution is 2.46. The lowest BCUT2D eigenvalue weighted by Crippen LogP contribution is -2.42. The van der Waals surface area contributed by atoms with Crippen LogP contribution >= 0.6 is 15.9 Å². The van der Waals surface area contributed by atoms with Crippen LogP contribution in [0.2, 0.25) is 0 Å². The zero-order valence-electron chi connectivity index (χ0n) is 17.0. The molecule has 1 aliphatic rings. The van der Waals surface area contributed by atoms with Crippen LogP contribution in [0.25, 0.3) is 0 Å². The number of amides is 1. The van der Waals surface area contributed by atoms with Gasteiger partial charge in [-0.1, -0.05) is 46.3 Å². The van der Waals surface area contributed by atoms with E-state index in [1.54, 1.807) is 36.3 Å². The molecule has 1 fully saturated rings. The fourth-order valence-electron chi connectivity index (χ4n) is 3.93. The van der Waals surface area contributed by atoms with Gasteiger partial charge in [0.15, 0.2) is 5.54 Å². The lowest BCUT2D eigenvalue weighted by Gasteiger charge is -2.34. The molecule has 1 amide bonds. The summed E-state index contributed by atoms with van der Waals surface area (Å²) in [5.41, 5.74) is 1.18. The van der Waals surface area contributed by atoms with Crippen LogP contribution in [0.3, 0.4) is 0 Å². The van der Waals surface area contributed by atoms with Crippen LogP contribution in [0, 0.1) is 11.3 Å². The Morgan fingerprint density at radius 3 is 2.52 bits per heavy atom. The molecule has 1 heterocycles. The first-order chi connectivity index (χ1) is 15.1. The molecule has 1 saturated heterocycles. The number of rotatable bonds is 6. The predicted molar refractivity (Wildman–Crippen MR) is 122 cm³/mol. The first-order valence-electron chi connectivity index (χ1n) is 9.92. The van der Waals surface area contributed by atoms with E-state index in [9.17, 15) is 10.1 Å². The summed E-state index contributed by atoms with van der Waals surface area (Å²) < 4.78 is 12.2. The molecule has 0 radical (unpaired) electrons. The average Bonchev–Trinajstić information content (AvgIpc) is 3.16. The number of ether oxygens (including phenoxy) is 2. The van der Waals surface area contributed by atoms with Gasteiger partial charge in [-0.3, -0.25) is 9.69 Å².